The highest BCUT2D eigenvalue weighted by Gasteiger charge is 2.48. The molecule has 0 radical (unpaired) electrons. The van der Waals surface area contributed by atoms with Crippen molar-refractivity contribution >= 4 is 5.97 Å². The molecule has 1 aliphatic rings. The van der Waals surface area contributed by atoms with E-state index in [9.17, 15) is 15.0 Å². The Balaban J connectivity index is 2.02. The number of carboxylic acid groups (broad SMARTS) is 1. The standard InChI is InChI=1S/C15H25N3O3/c1-3-6-15(14(20)21)11-17(8-5-13(15)19)9-10-18-12(2)4-7-16-18/h4,7,13,19H,3,5-6,8-11H2,1-2H3,(H,20,21)/t13-,15-/m1/s1. The summed E-state index contributed by atoms with van der Waals surface area (Å²) in [6, 6.07) is 1.96. The molecule has 1 aromatic heterocycles. The molecule has 1 aliphatic heterocycles. The highest BCUT2D eigenvalue weighted by molar-refractivity contribution is 5.76. The Morgan fingerprint density at radius 1 is 1.52 bits per heavy atom. The van der Waals surface area contributed by atoms with E-state index in [2.05, 4.69) is 10.00 Å². The van der Waals surface area contributed by atoms with Crippen LogP contribution < -0.4 is 0 Å². The minimum absolute atomic E-state index is 0.414. The van der Waals surface area contributed by atoms with Crippen LogP contribution in [0.1, 0.15) is 31.9 Å². The topological polar surface area (TPSA) is 78.6 Å². The van der Waals surface area contributed by atoms with Crippen LogP contribution in [0.3, 0.4) is 0 Å². The lowest BCUT2D eigenvalue weighted by Crippen LogP contribution is -2.56. The zero-order valence-electron chi connectivity index (χ0n) is 12.8. The smallest absolute Gasteiger partial charge is 0.313 e. The van der Waals surface area contributed by atoms with Crippen LogP contribution in [-0.2, 0) is 11.3 Å². The van der Waals surface area contributed by atoms with E-state index in [1.165, 1.54) is 0 Å². The van der Waals surface area contributed by atoms with Crippen molar-refractivity contribution in [3.05, 3.63) is 18.0 Å². The summed E-state index contributed by atoms with van der Waals surface area (Å²) >= 11 is 0. The van der Waals surface area contributed by atoms with Crippen molar-refractivity contribution in [2.24, 2.45) is 5.41 Å². The summed E-state index contributed by atoms with van der Waals surface area (Å²) < 4.78 is 1.92. The van der Waals surface area contributed by atoms with Gasteiger partial charge in [-0.05, 0) is 25.8 Å². The molecule has 2 heterocycles. The molecule has 0 aliphatic carbocycles. The molecule has 2 atom stereocenters. The number of carbonyl (C=O) groups is 1. The number of hydrogen-bond acceptors (Lipinski definition) is 4. The van der Waals surface area contributed by atoms with Crippen molar-refractivity contribution in [3.63, 3.8) is 0 Å². The number of aliphatic carboxylic acids is 1. The van der Waals surface area contributed by atoms with E-state index >= 15 is 0 Å². The third-order valence-electron chi connectivity index (χ3n) is 4.54. The lowest BCUT2D eigenvalue weighted by molar-refractivity contribution is -0.164. The van der Waals surface area contributed by atoms with Gasteiger partial charge < -0.3 is 15.1 Å². The van der Waals surface area contributed by atoms with Crippen LogP contribution in [0.25, 0.3) is 0 Å². The zero-order valence-corrected chi connectivity index (χ0v) is 12.8. The molecule has 0 amide bonds. The van der Waals surface area contributed by atoms with E-state index in [1.54, 1.807) is 6.20 Å². The molecule has 21 heavy (non-hydrogen) atoms. The third-order valence-corrected chi connectivity index (χ3v) is 4.54. The van der Waals surface area contributed by atoms with Gasteiger partial charge in [0, 0.05) is 31.5 Å². The molecule has 0 saturated carbocycles. The number of carboxylic acids is 1. The Labute approximate surface area is 125 Å². The van der Waals surface area contributed by atoms with Crippen molar-refractivity contribution in [2.75, 3.05) is 19.6 Å². The second-order valence-corrected chi connectivity index (χ2v) is 5.99. The van der Waals surface area contributed by atoms with E-state index in [-0.39, 0.29) is 0 Å². The van der Waals surface area contributed by atoms with E-state index in [0.29, 0.717) is 19.4 Å². The largest absolute Gasteiger partial charge is 0.481 e. The van der Waals surface area contributed by atoms with Crippen molar-refractivity contribution in [3.8, 4) is 0 Å². The van der Waals surface area contributed by atoms with Gasteiger partial charge in [-0.3, -0.25) is 9.48 Å². The van der Waals surface area contributed by atoms with Crippen LogP contribution in [0.15, 0.2) is 12.3 Å². The van der Waals surface area contributed by atoms with Crippen molar-refractivity contribution < 1.29 is 15.0 Å². The average Bonchev–Trinajstić information content (AvgIpc) is 2.85. The summed E-state index contributed by atoms with van der Waals surface area (Å²) in [6.45, 7) is 6.62. The second kappa shape index (κ2) is 6.58. The molecule has 6 nitrogen and oxygen atoms in total. The van der Waals surface area contributed by atoms with Crippen LogP contribution in [0.4, 0.5) is 0 Å². The van der Waals surface area contributed by atoms with Gasteiger partial charge in [0.1, 0.15) is 5.41 Å². The van der Waals surface area contributed by atoms with Gasteiger partial charge in [0.15, 0.2) is 0 Å². The Morgan fingerprint density at radius 2 is 2.29 bits per heavy atom. The molecule has 1 fully saturated rings. The fourth-order valence-corrected chi connectivity index (χ4v) is 3.23. The van der Waals surface area contributed by atoms with Crippen molar-refractivity contribution in [2.45, 2.75) is 45.8 Å². The first kappa shape index (κ1) is 16.0. The molecule has 0 bridgehead atoms. The predicted octanol–water partition coefficient (Wildman–Crippen LogP) is 1.13. The summed E-state index contributed by atoms with van der Waals surface area (Å²) in [5, 5.41) is 24.1. The molecule has 0 unspecified atom stereocenters. The summed E-state index contributed by atoms with van der Waals surface area (Å²) in [5.41, 5.74) is 0.0803. The normalized spacial score (nSPS) is 26.9. The van der Waals surface area contributed by atoms with Gasteiger partial charge in [-0.1, -0.05) is 13.3 Å². The Kier molecular flexibility index (Phi) is 5.00. The number of piperidine rings is 1. The van der Waals surface area contributed by atoms with Crippen LogP contribution in [0.5, 0.6) is 0 Å². The SMILES string of the molecule is CCC[C@@]1(C(=O)O)CN(CCn2nccc2C)CC[C@H]1O. The van der Waals surface area contributed by atoms with Gasteiger partial charge in [0.05, 0.1) is 12.6 Å². The number of likely N-dealkylation sites (tertiary alicyclic amines) is 1. The Hall–Kier alpha value is -1.40. The van der Waals surface area contributed by atoms with Gasteiger partial charge >= 0.3 is 5.97 Å². The molecule has 2 N–H and O–H groups in total. The predicted molar refractivity (Wildman–Crippen MR) is 79.0 cm³/mol. The van der Waals surface area contributed by atoms with Crippen LogP contribution in [0.2, 0.25) is 0 Å². The quantitative estimate of drug-likeness (QED) is 0.822. The number of aromatic nitrogens is 2. The van der Waals surface area contributed by atoms with Gasteiger partial charge in [-0.2, -0.15) is 5.10 Å². The minimum Gasteiger partial charge on any atom is -0.481 e. The molecule has 0 spiro atoms. The fourth-order valence-electron chi connectivity index (χ4n) is 3.23. The van der Waals surface area contributed by atoms with E-state index in [1.807, 2.05) is 24.6 Å². The first-order chi connectivity index (χ1) is 9.99. The molecular formula is C15H25N3O3. The lowest BCUT2D eigenvalue weighted by Gasteiger charge is -2.43. The number of rotatable bonds is 6. The highest BCUT2D eigenvalue weighted by Crippen LogP contribution is 2.35. The number of aryl methyl sites for hydroxylation is 1. The van der Waals surface area contributed by atoms with Gasteiger partial charge in [-0.25, -0.2) is 0 Å². The highest BCUT2D eigenvalue weighted by atomic mass is 16.4. The summed E-state index contributed by atoms with van der Waals surface area (Å²) in [5.74, 6) is -0.878. The molecular weight excluding hydrogens is 270 g/mol. The maximum Gasteiger partial charge on any atom is 0.313 e. The molecule has 2 rings (SSSR count). The summed E-state index contributed by atoms with van der Waals surface area (Å²) in [4.78, 5) is 13.8. The Morgan fingerprint density at radius 3 is 2.86 bits per heavy atom. The fraction of sp³-hybridized carbons (Fsp3) is 0.733. The first-order valence-corrected chi connectivity index (χ1v) is 7.62. The number of aliphatic hydroxyl groups is 1. The molecule has 1 saturated heterocycles. The molecule has 6 heteroatoms. The summed E-state index contributed by atoms with van der Waals surface area (Å²) in [6.07, 6.45) is 2.81. The first-order valence-electron chi connectivity index (χ1n) is 7.62. The van der Waals surface area contributed by atoms with Crippen molar-refractivity contribution in [1.82, 2.24) is 14.7 Å². The summed E-state index contributed by atoms with van der Waals surface area (Å²) in [7, 11) is 0. The van der Waals surface area contributed by atoms with E-state index in [4.69, 9.17) is 0 Å². The zero-order chi connectivity index (χ0) is 15.5. The number of hydrogen-bond donors (Lipinski definition) is 2. The van der Waals surface area contributed by atoms with E-state index < -0.39 is 17.5 Å². The van der Waals surface area contributed by atoms with Crippen molar-refractivity contribution in [1.29, 1.82) is 0 Å². The van der Waals surface area contributed by atoms with Crippen LogP contribution >= 0.6 is 0 Å². The minimum atomic E-state index is -1.02. The maximum absolute atomic E-state index is 11.7. The Bertz CT molecular complexity index is 488. The van der Waals surface area contributed by atoms with E-state index in [0.717, 1.165) is 31.7 Å². The van der Waals surface area contributed by atoms with Gasteiger partial charge in [-0.15, -0.1) is 0 Å². The second-order valence-electron chi connectivity index (χ2n) is 5.99. The molecule has 0 aromatic carbocycles. The number of nitrogens with zero attached hydrogens (tertiary/aromatic N) is 3. The van der Waals surface area contributed by atoms with Crippen LogP contribution in [0, 0.1) is 12.3 Å². The molecule has 1 aromatic rings. The monoisotopic (exact) mass is 295 g/mol. The molecule has 118 valence electrons. The average molecular weight is 295 g/mol. The van der Waals surface area contributed by atoms with Gasteiger partial charge in [0.2, 0.25) is 0 Å². The maximum atomic E-state index is 11.7. The number of aliphatic hydroxyl groups excluding tert-OH is 1. The lowest BCUT2D eigenvalue weighted by atomic mass is 9.74. The third kappa shape index (κ3) is 3.27. The van der Waals surface area contributed by atoms with Gasteiger partial charge in [0.25, 0.3) is 0 Å². The van der Waals surface area contributed by atoms with Crippen LogP contribution in [-0.4, -0.2) is 56.6 Å².